The smallest absolute Gasteiger partial charge is 0.313 e. The van der Waals surface area contributed by atoms with Crippen molar-refractivity contribution in [2.45, 2.75) is 25.3 Å². The number of benzene rings is 2. The fourth-order valence-corrected chi connectivity index (χ4v) is 4.28. The van der Waals surface area contributed by atoms with Crippen molar-refractivity contribution in [1.29, 1.82) is 0 Å². The van der Waals surface area contributed by atoms with Gasteiger partial charge in [-0.3, -0.25) is 14.6 Å². The van der Waals surface area contributed by atoms with Gasteiger partial charge in [-0.05, 0) is 57.1 Å². The van der Waals surface area contributed by atoms with E-state index in [0.717, 1.165) is 31.9 Å². The minimum atomic E-state index is -0.857. The Labute approximate surface area is 208 Å². The molecule has 0 radical (unpaired) electrons. The predicted octanol–water partition coefficient (Wildman–Crippen LogP) is 3.72. The van der Waals surface area contributed by atoms with Crippen LogP contribution in [-0.4, -0.2) is 62.1 Å². The van der Waals surface area contributed by atoms with E-state index in [9.17, 15) is 14.0 Å². The molecular weight excluding hydrogens is 467 g/mol. The summed E-state index contributed by atoms with van der Waals surface area (Å²) in [6.45, 7) is 1.45. The minimum absolute atomic E-state index is 0.0552. The van der Waals surface area contributed by atoms with Gasteiger partial charge in [0.25, 0.3) is 0 Å². The molecule has 2 N–H and O–H groups in total. The van der Waals surface area contributed by atoms with Gasteiger partial charge in [-0.25, -0.2) is 4.39 Å². The first-order valence-corrected chi connectivity index (χ1v) is 11.7. The van der Waals surface area contributed by atoms with Gasteiger partial charge >= 0.3 is 11.8 Å². The van der Waals surface area contributed by atoms with E-state index < -0.39 is 17.6 Å². The zero-order chi connectivity index (χ0) is 25.7. The van der Waals surface area contributed by atoms with E-state index in [1.807, 2.05) is 0 Å². The number of carbonyl (C=O) groups is 2. The zero-order valence-electron chi connectivity index (χ0n) is 20.5. The number of nitrogens with zero attached hydrogens (tertiary/aromatic N) is 2. The first-order valence-electron chi connectivity index (χ1n) is 11.7. The largest absolute Gasteiger partial charge is 0.493 e. The lowest BCUT2D eigenvalue weighted by Crippen LogP contribution is -2.38. The lowest BCUT2D eigenvalue weighted by molar-refractivity contribution is -0.136. The van der Waals surface area contributed by atoms with Gasteiger partial charge in [0.15, 0.2) is 23.1 Å². The molecule has 190 valence electrons. The lowest BCUT2D eigenvalue weighted by Gasteiger charge is -2.19. The Kier molecular flexibility index (Phi) is 7.84. The molecule has 1 aromatic heterocycles. The number of anilines is 1. The van der Waals surface area contributed by atoms with E-state index in [1.54, 1.807) is 24.4 Å². The number of hydrogen-bond acceptors (Lipinski definition) is 7. The summed E-state index contributed by atoms with van der Waals surface area (Å²) in [7, 11) is 5.10. The van der Waals surface area contributed by atoms with Crippen LogP contribution in [0.15, 0.2) is 42.6 Å². The van der Waals surface area contributed by atoms with Gasteiger partial charge in [-0.1, -0.05) is 0 Å². The van der Waals surface area contributed by atoms with Gasteiger partial charge < -0.3 is 29.7 Å². The Balaban J connectivity index is 1.40. The number of aromatic nitrogens is 1. The first-order chi connectivity index (χ1) is 17.4. The van der Waals surface area contributed by atoms with Crippen LogP contribution in [0.4, 0.5) is 10.1 Å². The highest BCUT2D eigenvalue weighted by Crippen LogP contribution is 2.37. The molecule has 9 nitrogen and oxygen atoms in total. The minimum Gasteiger partial charge on any atom is -0.493 e. The monoisotopic (exact) mass is 496 g/mol. The zero-order valence-corrected chi connectivity index (χ0v) is 20.5. The molecule has 1 aliphatic heterocycles. The third-order valence-corrected chi connectivity index (χ3v) is 6.26. The highest BCUT2D eigenvalue weighted by Gasteiger charge is 2.21. The van der Waals surface area contributed by atoms with Crippen molar-refractivity contribution in [3.05, 3.63) is 48.4 Å². The molecule has 1 saturated heterocycles. The van der Waals surface area contributed by atoms with Crippen molar-refractivity contribution in [2.75, 3.05) is 39.7 Å². The van der Waals surface area contributed by atoms with E-state index in [2.05, 4.69) is 27.6 Å². The summed E-state index contributed by atoms with van der Waals surface area (Å²) in [5, 5.41) is 5.65. The molecule has 1 aliphatic rings. The van der Waals surface area contributed by atoms with Gasteiger partial charge in [0.05, 0.1) is 19.7 Å². The summed E-state index contributed by atoms with van der Waals surface area (Å²) in [6.07, 6.45) is 4.54. The van der Waals surface area contributed by atoms with Crippen LogP contribution in [-0.2, 0) is 9.59 Å². The Bertz CT molecular complexity index is 1270. The maximum Gasteiger partial charge on any atom is 0.313 e. The Morgan fingerprint density at radius 1 is 1.06 bits per heavy atom. The highest BCUT2D eigenvalue weighted by molar-refractivity contribution is 6.39. The topological polar surface area (TPSA) is 102 Å². The average molecular weight is 497 g/mol. The van der Waals surface area contributed by atoms with Crippen molar-refractivity contribution >= 4 is 28.4 Å². The number of pyridine rings is 1. The Morgan fingerprint density at radius 3 is 2.53 bits per heavy atom. The van der Waals surface area contributed by atoms with Crippen molar-refractivity contribution in [2.24, 2.45) is 0 Å². The number of amides is 2. The van der Waals surface area contributed by atoms with Crippen molar-refractivity contribution in [3.63, 3.8) is 0 Å². The SMILES string of the molecule is COc1cc2nccc(Oc3ccc(NC(=O)C(=O)NCCC4CCCN4C)cc3F)c2cc1OC. The molecule has 1 fully saturated rings. The van der Waals surface area contributed by atoms with E-state index >= 15 is 0 Å². The molecule has 0 spiro atoms. The highest BCUT2D eigenvalue weighted by atomic mass is 19.1. The molecule has 0 saturated carbocycles. The molecule has 1 atom stereocenters. The van der Waals surface area contributed by atoms with Crippen LogP contribution < -0.4 is 24.8 Å². The Hall–Kier alpha value is -3.92. The predicted molar refractivity (Wildman–Crippen MR) is 133 cm³/mol. The van der Waals surface area contributed by atoms with Crippen LogP contribution in [0.3, 0.4) is 0 Å². The number of methoxy groups -OCH3 is 2. The number of hydrogen-bond donors (Lipinski definition) is 2. The second-order valence-corrected chi connectivity index (χ2v) is 8.56. The lowest BCUT2D eigenvalue weighted by atomic mass is 10.1. The quantitative estimate of drug-likeness (QED) is 0.458. The number of fused-ring (bicyclic) bond motifs is 1. The number of ether oxygens (including phenoxy) is 3. The maximum atomic E-state index is 14.8. The number of carbonyl (C=O) groups excluding carboxylic acids is 2. The van der Waals surface area contributed by atoms with E-state index in [-0.39, 0.29) is 11.4 Å². The molecule has 2 amide bonds. The van der Waals surface area contributed by atoms with Gasteiger partial charge in [0.2, 0.25) is 0 Å². The third kappa shape index (κ3) is 5.65. The molecule has 10 heteroatoms. The fourth-order valence-electron chi connectivity index (χ4n) is 4.28. The molecule has 4 rings (SSSR count). The molecule has 0 aliphatic carbocycles. The van der Waals surface area contributed by atoms with E-state index in [4.69, 9.17) is 14.2 Å². The third-order valence-electron chi connectivity index (χ3n) is 6.26. The summed E-state index contributed by atoms with van der Waals surface area (Å²) in [5.74, 6) is -1.02. The fraction of sp³-hybridized carbons (Fsp3) is 0.346. The van der Waals surface area contributed by atoms with Gasteiger partial charge in [0, 0.05) is 42.0 Å². The second-order valence-electron chi connectivity index (χ2n) is 8.56. The standard InChI is InChI=1S/C26H29FN4O5/c1-31-12-4-5-17(31)8-10-29-25(32)26(33)30-16-6-7-22(19(27)13-16)36-21-9-11-28-20-15-24(35-3)23(34-2)14-18(20)21/h6-7,9,11,13-15,17H,4-5,8,10,12H2,1-3H3,(H,29,32)(H,30,33). The van der Waals surface area contributed by atoms with Crippen LogP contribution in [0.25, 0.3) is 10.9 Å². The van der Waals surface area contributed by atoms with Crippen LogP contribution in [0.2, 0.25) is 0 Å². The van der Waals surface area contributed by atoms with Crippen molar-refractivity contribution in [3.8, 4) is 23.0 Å². The normalized spacial score (nSPS) is 15.5. The van der Waals surface area contributed by atoms with Crippen LogP contribution in [0.5, 0.6) is 23.0 Å². The summed E-state index contributed by atoms with van der Waals surface area (Å²) >= 11 is 0. The summed E-state index contributed by atoms with van der Waals surface area (Å²) in [6, 6.07) is 9.36. The summed E-state index contributed by atoms with van der Waals surface area (Å²) in [4.78, 5) is 30.9. The molecule has 3 aromatic rings. The molecule has 0 bridgehead atoms. The summed E-state index contributed by atoms with van der Waals surface area (Å²) < 4.78 is 31.3. The van der Waals surface area contributed by atoms with Gasteiger partial charge in [-0.15, -0.1) is 0 Å². The molecule has 2 heterocycles. The molecule has 2 aromatic carbocycles. The molecule has 1 unspecified atom stereocenters. The van der Waals surface area contributed by atoms with Gasteiger partial charge in [-0.2, -0.15) is 0 Å². The second kappa shape index (κ2) is 11.2. The first kappa shape index (κ1) is 25.2. The van der Waals surface area contributed by atoms with Crippen LogP contribution >= 0.6 is 0 Å². The van der Waals surface area contributed by atoms with Crippen LogP contribution in [0, 0.1) is 5.82 Å². The van der Waals surface area contributed by atoms with E-state index in [0.29, 0.717) is 40.7 Å². The van der Waals surface area contributed by atoms with Crippen LogP contribution in [0.1, 0.15) is 19.3 Å². The van der Waals surface area contributed by atoms with Crippen molar-refractivity contribution < 1.29 is 28.2 Å². The Morgan fingerprint density at radius 2 is 1.83 bits per heavy atom. The average Bonchev–Trinajstić information content (AvgIpc) is 3.29. The number of likely N-dealkylation sites (tertiary alicyclic amines) is 1. The van der Waals surface area contributed by atoms with E-state index in [1.165, 1.54) is 26.4 Å². The number of halogens is 1. The molecular formula is C26H29FN4O5. The summed E-state index contributed by atoms with van der Waals surface area (Å²) in [5.41, 5.74) is 0.724. The maximum absolute atomic E-state index is 14.8. The van der Waals surface area contributed by atoms with Gasteiger partial charge in [0.1, 0.15) is 5.75 Å². The number of rotatable bonds is 8. The molecule has 36 heavy (non-hydrogen) atoms. The van der Waals surface area contributed by atoms with Crippen molar-refractivity contribution in [1.82, 2.24) is 15.2 Å². The number of nitrogens with one attached hydrogen (secondary N) is 2.